The highest BCUT2D eigenvalue weighted by molar-refractivity contribution is 5.98. The Bertz CT molecular complexity index is 440. The molecule has 1 heterocycles. The Balaban J connectivity index is 2.30. The van der Waals surface area contributed by atoms with Gasteiger partial charge in [0.15, 0.2) is 5.78 Å². The zero-order valence-electron chi connectivity index (χ0n) is 11.4. The summed E-state index contributed by atoms with van der Waals surface area (Å²) >= 11 is 0. The van der Waals surface area contributed by atoms with E-state index in [2.05, 4.69) is 18.8 Å². The SMILES string of the molecule is COc1cccnc1C(=O)C1CCCCC1(C)C. The fourth-order valence-electron chi connectivity index (χ4n) is 2.89. The van der Waals surface area contributed by atoms with E-state index in [-0.39, 0.29) is 17.1 Å². The summed E-state index contributed by atoms with van der Waals surface area (Å²) in [6.07, 6.45) is 6.08. The molecule has 1 unspecified atom stereocenters. The molecular formula is C15H21NO2. The average Bonchev–Trinajstić information content (AvgIpc) is 2.37. The van der Waals surface area contributed by atoms with E-state index in [4.69, 9.17) is 4.74 Å². The van der Waals surface area contributed by atoms with Crippen LogP contribution >= 0.6 is 0 Å². The second kappa shape index (κ2) is 5.09. The molecule has 18 heavy (non-hydrogen) atoms. The monoisotopic (exact) mass is 247 g/mol. The molecule has 0 radical (unpaired) electrons. The van der Waals surface area contributed by atoms with Crippen LogP contribution in [0.1, 0.15) is 50.0 Å². The lowest BCUT2D eigenvalue weighted by atomic mass is 9.66. The molecular weight excluding hydrogens is 226 g/mol. The molecule has 0 saturated heterocycles. The number of rotatable bonds is 3. The minimum absolute atomic E-state index is 0.0649. The van der Waals surface area contributed by atoms with Gasteiger partial charge in [0.05, 0.1) is 7.11 Å². The van der Waals surface area contributed by atoms with Crippen molar-refractivity contribution in [2.45, 2.75) is 39.5 Å². The van der Waals surface area contributed by atoms with E-state index < -0.39 is 0 Å². The molecule has 3 nitrogen and oxygen atoms in total. The van der Waals surface area contributed by atoms with Crippen molar-refractivity contribution >= 4 is 5.78 Å². The lowest BCUT2D eigenvalue weighted by Crippen LogP contribution is -2.34. The first-order valence-electron chi connectivity index (χ1n) is 6.59. The summed E-state index contributed by atoms with van der Waals surface area (Å²) in [5, 5.41) is 0. The molecule has 0 aromatic carbocycles. The molecule has 0 spiro atoms. The van der Waals surface area contributed by atoms with Crippen LogP contribution in [0.25, 0.3) is 0 Å². The smallest absolute Gasteiger partial charge is 0.188 e. The summed E-state index contributed by atoms with van der Waals surface area (Å²) in [5.41, 5.74) is 0.553. The number of pyridine rings is 1. The molecule has 0 amide bonds. The van der Waals surface area contributed by atoms with Crippen LogP contribution in [-0.4, -0.2) is 17.9 Å². The van der Waals surface area contributed by atoms with E-state index in [1.165, 1.54) is 6.42 Å². The van der Waals surface area contributed by atoms with Crippen molar-refractivity contribution in [1.82, 2.24) is 4.98 Å². The highest BCUT2D eigenvalue weighted by atomic mass is 16.5. The van der Waals surface area contributed by atoms with Crippen LogP contribution < -0.4 is 4.74 Å². The number of nitrogens with zero attached hydrogens (tertiary/aromatic N) is 1. The standard InChI is InChI=1S/C15H21NO2/c1-15(2)9-5-4-7-11(15)14(17)13-12(18-3)8-6-10-16-13/h6,8,10-11H,4-5,7,9H2,1-3H3. The molecule has 0 aliphatic heterocycles. The van der Waals surface area contributed by atoms with Crippen LogP contribution in [0, 0.1) is 11.3 Å². The van der Waals surface area contributed by atoms with Crippen LogP contribution in [0.5, 0.6) is 5.75 Å². The number of hydrogen-bond acceptors (Lipinski definition) is 3. The second-order valence-corrected chi connectivity index (χ2v) is 5.71. The molecule has 1 aliphatic rings. The molecule has 98 valence electrons. The van der Waals surface area contributed by atoms with Crippen LogP contribution in [0.3, 0.4) is 0 Å². The van der Waals surface area contributed by atoms with Gasteiger partial charge < -0.3 is 4.74 Å². The molecule has 1 fully saturated rings. The van der Waals surface area contributed by atoms with Gasteiger partial charge in [-0.15, -0.1) is 0 Å². The predicted octanol–water partition coefficient (Wildman–Crippen LogP) is 3.49. The molecule has 1 saturated carbocycles. The zero-order chi connectivity index (χ0) is 13.2. The third kappa shape index (κ3) is 2.40. The van der Waals surface area contributed by atoms with Gasteiger partial charge in [0, 0.05) is 12.1 Å². The van der Waals surface area contributed by atoms with E-state index in [0.29, 0.717) is 11.4 Å². The summed E-state index contributed by atoms with van der Waals surface area (Å²) < 4.78 is 5.24. The molecule has 1 atom stereocenters. The van der Waals surface area contributed by atoms with Crippen molar-refractivity contribution in [3.05, 3.63) is 24.0 Å². The molecule has 0 bridgehead atoms. The third-order valence-electron chi connectivity index (χ3n) is 4.05. The summed E-state index contributed by atoms with van der Waals surface area (Å²) in [7, 11) is 1.58. The number of ketones is 1. The Morgan fingerprint density at radius 2 is 2.22 bits per heavy atom. The Morgan fingerprint density at radius 1 is 1.44 bits per heavy atom. The zero-order valence-corrected chi connectivity index (χ0v) is 11.4. The summed E-state index contributed by atoms with van der Waals surface area (Å²) in [6.45, 7) is 4.37. The van der Waals surface area contributed by atoms with Gasteiger partial charge >= 0.3 is 0 Å². The maximum atomic E-state index is 12.7. The van der Waals surface area contributed by atoms with Gasteiger partial charge in [0.25, 0.3) is 0 Å². The minimum Gasteiger partial charge on any atom is -0.494 e. The van der Waals surface area contributed by atoms with E-state index in [0.717, 1.165) is 19.3 Å². The summed E-state index contributed by atoms with van der Waals surface area (Å²) in [5.74, 6) is 0.788. The van der Waals surface area contributed by atoms with Crippen molar-refractivity contribution in [2.24, 2.45) is 11.3 Å². The molecule has 1 aliphatic carbocycles. The number of methoxy groups -OCH3 is 1. The van der Waals surface area contributed by atoms with Gasteiger partial charge in [-0.25, -0.2) is 4.98 Å². The first-order valence-corrected chi connectivity index (χ1v) is 6.59. The van der Waals surface area contributed by atoms with Crippen molar-refractivity contribution in [3.63, 3.8) is 0 Å². The second-order valence-electron chi connectivity index (χ2n) is 5.71. The normalized spacial score (nSPS) is 22.5. The quantitative estimate of drug-likeness (QED) is 0.767. The third-order valence-corrected chi connectivity index (χ3v) is 4.05. The van der Waals surface area contributed by atoms with Crippen LogP contribution in [0.4, 0.5) is 0 Å². The van der Waals surface area contributed by atoms with Gasteiger partial charge in [0.1, 0.15) is 11.4 Å². The van der Waals surface area contributed by atoms with Gasteiger partial charge in [-0.2, -0.15) is 0 Å². The maximum absolute atomic E-state index is 12.7. The highest BCUT2D eigenvalue weighted by Crippen LogP contribution is 2.42. The van der Waals surface area contributed by atoms with Crippen LogP contribution in [0.15, 0.2) is 18.3 Å². The predicted molar refractivity (Wildman–Crippen MR) is 70.9 cm³/mol. The van der Waals surface area contributed by atoms with Gasteiger partial charge in [-0.3, -0.25) is 4.79 Å². The lowest BCUT2D eigenvalue weighted by molar-refractivity contribution is 0.0688. The minimum atomic E-state index is 0.0649. The number of Topliss-reactive ketones (excluding diaryl/α,β-unsaturated/α-hetero) is 1. The topological polar surface area (TPSA) is 39.2 Å². The van der Waals surface area contributed by atoms with E-state index in [1.807, 2.05) is 0 Å². The molecule has 1 aromatic heterocycles. The Hall–Kier alpha value is -1.38. The Morgan fingerprint density at radius 3 is 2.89 bits per heavy atom. The largest absolute Gasteiger partial charge is 0.494 e. The summed E-state index contributed by atoms with van der Waals surface area (Å²) in [6, 6.07) is 3.59. The number of ether oxygens (including phenoxy) is 1. The molecule has 2 rings (SSSR count). The van der Waals surface area contributed by atoms with Crippen LogP contribution in [-0.2, 0) is 0 Å². The Labute approximate surface area is 109 Å². The van der Waals surface area contributed by atoms with E-state index >= 15 is 0 Å². The van der Waals surface area contributed by atoms with Gasteiger partial charge in [-0.1, -0.05) is 26.7 Å². The van der Waals surface area contributed by atoms with Crippen LogP contribution in [0.2, 0.25) is 0 Å². The van der Waals surface area contributed by atoms with Crippen molar-refractivity contribution in [1.29, 1.82) is 0 Å². The number of hydrogen-bond donors (Lipinski definition) is 0. The number of carbonyl (C=O) groups excluding carboxylic acids is 1. The summed E-state index contributed by atoms with van der Waals surface area (Å²) in [4.78, 5) is 16.9. The fraction of sp³-hybridized carbons (Fsp3) is 0.600. The lowest BCUT2D eigenvalue weighted by Gasteiger charge is -2.37. The highest BCUT2D eigenvalue weighted by Gasteiger charge is 2.38. The average molecular weight is 247 g/mol. The molecule has 0 N–H and O–H groups in total. The van der Waals surface area contributed by atoms with Gasteiger partial charge in [-0.05, 0) is 30.4 Å². The first-order chi connectivity index (χ1) is 8.56. The maximum Gasteiger partial charge on any atom is 0.188 e. The van der Waals surface area contributed by atoms with E-state index in [9.17, 15) is 4.79 Å². The number of aromatic nitrogens is 1. The fourth-order valence-corrected chi connectivity index (χ4v) is 2.89. The molecule has 1 aromatic rings. The molecule has 3 heteroatoms. The van der Waals surface area contributed by atoms with Gasteiger partial charge in [0.2, 0.25) is 0 Å². The first kappa shape index (κ1) is 13.1. The van der Waals surface area contributed by atoms with E-state index in [1.54, 1.807) is 25.4 Å². The van der Waals surface area contributed by atoms with Crippen molar-refractivity contribution < 1.29 is 9.53 Å². The Kier molecular flexibility index (Phi) is 3.69. The van der Waals surface area contributed by atoms with Crippen molar-refractivity contribution in [2.75, 3.05) is 7.11 Å². The van der Waals surface area contributed by atoms with Crippen molar-refractivity contribution in [3.8, 4) is 5.75 Å². The number of carbonyl (C=O) groups is 1.